The first-order chi connectivity index (χ1) is 13.0. The van der Waals surface area contributed by atoms with Gasteiger partial charge in [-0.15, -0.1) is 11.3 Å². The minimum absolute atomic E-state index is 0.0606. The number of carbonyl (C=O) groups is 1. The summed E-state index contributed by atoms with van der Waals surface area (Å²) in [5, 5.41) is 1.87. The molecule has 0 spiro atoms. The second kappa shape index (κ2) is 7.10. The first kappa shape index (κ1) is 18.2. The molecule has 0 atom stereocenters. The molecule has 2 aromatic carbocycles. The SMILES string of the molecule is O=C(c1cccs1)N1CCc2ccc(NS(=O)(=O)c3ccccc3Br)cc21. The van der Waals surface area contributed by atoms with Crippen molar-refractivity contribution in [1.29, 1.82) is 0 Å². The predicted octanol–water partition coefficient (Wildman–Crippen LogP) is 4.51. The van der Waals surface area contributed by atoms with Crippen LogP contribution in [0.1, 0.15) is 15.2 Å². The number of nitrogens with zero attached hydrogens (tertiary/aromatic N) is 1. The summed E-state index contributed by atoms with van der Waals surface area (Å²) in [6.45, 7) is 0.590. The van der Waals surface area contributed by atoms with E-state index < -0.39 is 10.0 Å². The fourth-order valence-corrected chi connectivity index (χ4v) is 5.79. The van der Waals surface area contributed by atoms with E-state index in [0.29, 0.717) is 21.6 Å². The molecular formula is C19H15BrN2O3S2. The number of thiophene rings is 1. The standard InChI is InChI=1S/C19H15BrN2O3S2/c20-15-4-1-2-6-18(15)27(24,25)21-14-8-7-13-9-10-22(16(13)12-14)19(23)17-5-3-11-26-17/h1-8,11-12,21H,9-10H2. The fourth-order valence-electron chi connectivity index (χ4n) is 3.06. The van der Waals surface area contributed by atoms with Gasteiger partial charge in [0.15, 0.2) is 0 Å². The zero-order chi connectivity index (χ0) is 19.0. The Balaban J connectivity index is 1.65. The molecule has 0 saturated carbocycles. The van der Waals surface area contributed by atoms with E-state index in [0.717, 1.165) is 17.7 Å². The number of rotatable bonds is 4. The Morgan fingerprint density at radius 3 is 2.67 bits per heavy atom. The van der Waals surface area contributed by atoms with Crippen LogP contribution in [0.3, 0.4) is 0 Å². The molecule has 5 nitrogen and oxygen atoms in total. The van der Waals surface area contributed by atoms with Crippen molar-refractivity contribution >= 4 is 54.6 Å². The zero-order valence-corrected chi connectivity index (χ0v) is 17.3. The van der Waals surface area contributed by atoms with Crippen molar-refractivity contribution < 1.29 is 13.2 Å². The van der Waals surface area contributed by atoms with Crippen LogP contribution in [0.25, 0.3) is 0 Å². The van der Waals surface area contributed by atoms with Crippen LogP contribution in [0.15, 0.2) is 69.3 Å². The van der Waals surface area contributed by atoms with Crippen molar-refractivity contribution in [2.45, 2.75) is 11.3 Å². The van der Waals surface area contributed by atoms with Gasteiger partial charge in [0.1, 0.15) is 4.90 Å². The second-order valence-corrected chi connectivity index (χ2v) is 9.52. The number of anilines is 2. The third kappa shape index (κ3) is 3.52. The predicted molar refractivity (Wildman–Crippen MR) is 111 cm³/mol. The molecule has 3 aromatic rings. The molecule has 27 heavy (non-hydrogen) atoms. The van der Waals surface area contributed by atoms with Crippen LogP contribution in [-0.2, 0) is 16.4 Å². The summed E-state index contributed by atoms with van der Waals surface area (Å²) in [6, 6.07) is 15.6. The lowest BCUT2D eigenvalue weighted by molar-refractivity contribution is 0.0993. The van der Waals surface area contributed by atoms with Gasteiger partial charge >= 0.3 is 0 Å². The number of benzene rings is 2. The van der Waals surface area contributed by atoms with E-state index in [1.54, 1.807) is 41.3 Å². The van der Waals surface area contributed by atoms with Crippen LogP contribution >= 0.6 is 27.3 Å². The number of hydrogen-bond donors (Lipinski definition) is 1. The van der Waals surface area contributed by atoms with E-state index in [4.69, 9.17) is 0 Å². The van der Waals surface area contributed by atoms with E-state index in [9.17, 15) is 13.2 Å². The highest BCUT2D eigenvalue weighted by Gasteiger charge is 2.27. The molecule has 0 bridgehead atoms. The highest BCUT2D eigenvalue weighted by Crippen LogP contribution is 2.33. The first-order valence-corrected chi connectivity index (χ1v) is 11.4. The van der Waals surface area contributed by atoms with E-state index in [-0.39, 0.29) is 10.8 Å². The van der Waals surface area contributed by atoms with Crippen molar-refractivity contribution in [2.75, 3.05) is 16.2 Å². The van der Waals surface area contributed by atoms with Gasteiger partial charge in [0, 0.05) is 16.7 Å². The fraction of sp³-hybridized carbons (Fsp3) is 0.105. The third-order valence-electron chi connectivity index (χ3n) is 4.34. The normalized spacial score (nSPS) is 13.4. The maximum atomic E-state index is 12.7. The highest BCUT2D eigenvalue weighted by atomic mass is 79.9. The van der Waals surface area contributed by atoms with Gasteiger partial charge in [-0.05, 0) is 63.6 Å². The van der Waals surface area contributed by atoms with Gasteiger partial charge in [-0.3, -0.25) is 9.52 Å². The third-order valence-corrected chi connectivity index (χ3v) is 7.59. The monoisotopic (exact) mass is 462 g/mol. The number of halogens is 1. The lowest BCUT2D eigenvalue weighted by Gasteiger charge is -2.17. The Morgan fingerprint density at radius 2 is 1.93 bits per heavy atom. The van der Waals surface area contributed by atoms with Crippen LogP contribution in [0.5, 0.6) is 0 Å². The maximum Gasteiger partial charge on any atom is 0.268 e. The van der Waals surface area contributed by atoms with Crippen molar-refractivity contribution in [3.63, 3.8) is 0 Å². The largest absolute Gasteiger partial charge is 0.307 e. The quantitative estimate of drug-likeness (QED) is 0.619. The molecule has 1 N–H and O–H groups in total. The van der Waals surface area contributed by atoms with E-state index in [2.05, 4.69) is 20.7 Å². The van der Waals surface area contributed by atoms with Gasteiger partial charge in [-0.25, -0.2) is 8.42 Å². The molecule has 1 aliphatic rings. The Kier molecular flexibility index (Phi) is 4.79. The molecule has 8 heteroatoms. The van der Waals surface area contributed by atoms with Crippen LogP contribution in [0.2, 0.25) is 0 Å². The van der Waals surface area contributed by atoms with Gasteiger partial charge in [0.05, 0.1) is 10.6 Å². The summed E-state index contributed by atoms with van der Waals surface area (Å²) >= 11 is 4.67. The molecule has 0 fully saturated rings. The second-order valence-electron chi connectivity index (χ2n) is 6.06. The minimum atomic E-state index is -3.74. The summed E-state index contributed by atoms with van der Waals surface area (Å²) in [5.41, 5.74) is 2.21. The number of sulfonamides is 1. The van der Waals surface area contributed by atoms with Gasteiger partial charge in [-0.1, -0.05) is 24.3 Å². The van der Waals surface area contributed by atoms with Crippen molar-refractivity contribution in [3.8, 4) is 0 Å². The molecule has 4 rings (SSSR count). The zero-order valence-electron chi connectivity index (χ0n) is 14.1. The molecule has 2 heterocycles. The van der Waals surface area contributed by atoms with Gasteiger partial charge < -0.3 is 4.90 Å². The van der Waals surface area contributed by atoms with Crippen LogP contribution < -0.4 is 9.62 Å². The molecule has 138 valence electrons. The number of fused-ring (bicyclic) bond motifs is 1. The number of carbonyl (C=O) groups excluding carboxylic acids is 1. The Hall–Kier alpha value is -2.16. The average molecular weight is 463 g/mol. The summed E-state index contributed by atoms with van der Waals surface area (Å²) in [5.74, 6) is -0.0606. The Labute approximate surface area is 169 Å². The number of amides is 1. The molecule has 1 aliphatic heterocycles. The molecule has 0 radical (unpaired) electrons. The molecule has 0 aliphatic carbocycles. The van der Waals surface area contributed by atoms with Gasteiger partial charge in [0.25, 0.3) is 15.9 Å². The number of nitrogens with one attached hydrogen (secondary N) is 1. The smallest absolute Gasteiger partial charge is 0.268 e. The molecule has 0 unspecified atom stereocenters. The van der Waals surface area contributed by atoms with Gasteiger partial charge in [0.2, 0.25) is 0 Å². The van der Waals surface area contributed by atoms with Crippen molar-refractivity contribution in [3.05, 3.63) is 74.9 Å². The Bertz CT molecular complexity index is 1110. The molecule has 0 saturated heterocycles. The van der Waals surface area contributed by atoms with E-state index in [1.165, 1.54) is 17.4 Å². The van der Waals surface area contributed by atoms with Gasteiger partial charge in [-0.2, -0.15) is 0 Å². The van der Waals surface area contributed by atoms with Crippen molar-refractivity contribution in [2.24, 2.45) is 0 Å². The van der Waals surface area contributed by atoms with Crippen molar-refractivity contribution in [1.82, 2.24) is 0 Å². The van der Waals surface area contributed by atoms with E-state index >= 15 is 0 Å². The molecular weight excluding hydrogens is 448 g/mol. The van der Waals surface area contributed by atoms with Crippen LogP contribution in [0, 0.1) is 0 Å². The summed E-state index contributed by atoms with van der Waals surface area (Å²) in [7, 11) is -3.74. The number of hydrogen-bond acceptors (Lipinski definition) is 4. The lowest BCUT2D eigenvalue weighted by Crippen LogP contribution is -2.28. The summed E-state index contributed by atoms with van der Waals surface area (Å²) in [4.78, 5) is 15.3. The van der Waals surface area contributed by atoms with Crippen LogP contribution in [-0.4, -0.2) is 20.9 Å². The molecule has 1 aromatic heterocycles. The summed E-state index contributed by atoms with van der Waals surface area (Å²) < 4.78 is 28.5. The topological polar surface area (TPSA) is 66.5 Å². The Morgan fingerprint density at radius 1 is 1.11 bits per heavy atom. The summed E-state index contributed by atoms with van der Waals surface area (Å²) in [6.07, 6.45) is 0.754. The first-order valence-electron chi connectivity index (χ1n) is 8.21. The highest BCUT2D eigenvalue weighted by molar-refractivity contribution is 9.10. The molecule has 1 amide bonds. The lowest BCUT2D eigenvalue weighted by atomic mass is 10.1. The van der Waals surface area contributed by atoms with Crippen LogP contribution in [0.4, 0.5) is 11.4 Å². The average Bonchev–Trinajstić information content (AvgIpc) is 3.31. The maximum absolute atomic E-state index is 12.7. The van der Waals surface area contributed by atoms with E-state index in [1.807, 2.05) is 17.5 Å². The minimum Gasteiger partial charge on any atom is -0.307 e.